The lowest BCUT2D eigenvalue weighted by atomic mass is 9.96. The molecule has 0 unspecified atom stereocenters. The number of piperazine rings is 1. The van der Waals surface area contributed by atoms with Crippen LogP contribution in [0.25, 0.3) is 0 Å². The zero-order valence-corrected chi connectivity index (χ0v) is 27.5. The van der Waals surface area contributed by atoms with E-state index in [9.17, 15) is 22.8 Å². The summed E-state index contributed by atoms with van der Waals surface area (Å²) in [5.41, 5.74) is 3.13. The number of hydrogen-bond donors (Lipinski definition) is 0. The maximum Gasteiger partial charge on any atom is 0.416 e. The Morgan fingerprint density at radius 2 is 1.62 bits per heavy atom. The number of alkyl halides is 3. The van der Waals surface area contributed by atoms with Gasteiger partial charge in [0.2, 0.25) is 5.91 Å². The highest BCUT2D eigenvalue weighted by atomic mass is 19.4. The molecule has 0 saturated carbocycles. The zero-order valence-electron chi connectivity index (χ0n) is 27.5. The molecule has 0 radical (unpaired) electrons. The van der Waals surface area contributed by atoms with Crippen molar-refractivity contribution in [2.75, 3.05) is 58.3 Å². The van der Waals surface area contributed by atoms with Crippen LogP contribution in [0, 0.1) is 6.92 Å². The molecular weight excluding hydrogens is 619 g/mol. The lowest BCUT2D eigenvalue weighted by molar-refractivity contribution is -0.137. The number of carbonyl (C=O) groups is 2. The maximum absolute atomic E-state index is 13.3. The molecule has 1 aromatic heterocycles. The van der Waals surface area contributed by atoms with Crippen molar-refractivity contribution in [3.8, 4) is 5.75 Å². The van der Waals surface area contributed by atoms with Gasteiger partial charge in [-0.2, -0.15) is 13.2 Å². The van der Waals surface area contributed by atoms with Crippen LogP contribution in [0.3, 0.4) is 0 Å². The molecular formula is C37H40F3N5O3. The Labute approximate surface area is 279 Å². The van der Waals surface area contributed by atoms with Crippen LogP contribution in [0.15, 0.2) is 79.1 Å². The van der Waals surface area contributed by atoms with E-state index in [1.165, 1.54) is 23.4 Å². The van der Waals surface area contributed by atoms with E-state index in [2.05, 4.69) is 26.8 Å². The highest BCUT2D eigenvalue weighted by molar-refractivity contribution is 5.98. The second-order valence-electron chi connectivity index (χ2n) is 12.3. The summed E-state index contributed by atoms with van der Waals surface area (Å²) in [5.74, 6) is 0.641. The van der Waals surface area contributed by atoms with Crippen molar-refractivity contribution >= 4 is 17.5 Å². The fraction of sp³-hybridized carbons (Fsp3) is 0.351. The van der Waals surface area contributed by atoms with Gasteiger partial charge in [0.15, 0.2) is 5.78 Å². The van der Waals surface area contributed by atoms with Crippen LogP contribution in [-0.2, 0) is 30.2 Å². The minimum atomic E-state index is -4.53. The number of Topliss-reactive ketones (excluding diaryl/α,β-unsaturated/α-hetero) is 1. The quantitative estimate of drug-likeness (QED) is 0.182. The van der Waals surface area contributed by atoms with Gasteiger partial charge in [-0.1, -0.05) is 42.5 Å². The van der Waals surface area contributed by atoms with Crippen LogP contribution in [-0.4, -0.2) is 84.9 Å². The van der Waals surface area contributed by atoms with Gasteiger partial charge in [-0.3, -0.25) is 19.4 Å². The third-order valence-corrected chi connectivity index (χ3v) is 8.64. The summed E-state index contributed by atoms with van der Waals surface area (Å²) in [6.07, 6.45) is -2.56. The molecule has 11 heteroatoms. The summed E-state index contributed by atoms with van der Waals surface area (Å²) in [7, 11) is 3.80. The van der Waals surface area contributed by atoms with E-state index in [1.54, 1.807) is 25.2 Å². The molecule has 0 N–H and O–H groups in total. The van der Waals surface area contributed by atoms with Crippen molar-refractivity contribution in [1.82, 2.24) is 19.8 Å². The normalized spacial score (nSPS) is 14.1. The minimum Gasteiger partial charge on any atom is -0.492 e. The summed E-state index contributed by atoms with van der Waals surface area (Å²) in [6, 6.07) is 19.5. The average Bonchev–Trinajstić information content (AvgIpc) is 3.07. The number of ketones is 1. The van der Waals surface area contributed by atoms with Crippen LogP contribution in [0.5, 0.6) is 5.75 Å². The molecule has 1 fully saturated rings. The Morgan fingerprint density at radius 3 is 2.35 bits per heavy atom. The van der Waals surface area contributed by atoms with Crippen molar-refractivity contribution in [3.63, 3.8) is 0 Å². The number of hydrogen-bond acceptors (Lipinski definition) is 7. The number of halogens is 3. The fourth-order valence-corrected chi connectivity index (χ4v) is 5.53. The lowest BCUT2D eigenvalue weighted by Crippen LogP contribution is -2.45. The maximum atomic E-state index is 13.3. The number of carbonyl (C=O) groups excluding carboxylic acids is 2. The van der Waals surface area contributed by atoms with Crippen molar-refractivity contribution in [3.05, 3.63) is 118 Å². The third-order valence-electron chi connectivity index (χ3n) is 8.64. The van der Waals surface area contributed by atoms with Crippen LogP contribution in [0.4, 0.5) is 19.0 Å². The molecule has 0 atom stereocenters. The molecule has 3 aromatic carbocycles. The molecule has 8 nitrogen and oxygen atoms in total. The molecule has 0 aliphatic carbocycles. The van der Waals surface area contributed by atoms with Crippen LogP contribution in [0.2, 0.25) is 0 Å². The Hall–Kier alpha value is -4.61. The number of benzene rings is 3. The number of nitrogens with zero attached hydrogens (tertiary/aromatic N) is 5. The van der Waals surface area contributed by atoms with Gasteiger partial charge in [0, 0.05) is 64.2 Å². The van der Waals surface area contributed by atoms with Gasteiger partial charge in [-0.15, -0.1) is 0 Å². The molecule has 48 heavy (non-hydrogen) atoms. The van der Waals surface area contributed by atoms with Gasteiger partial charge in [-0.25, -0.2) is 9.97 Å². The number of amides is 1. The molecule has 0 bridgehead atoms. The first kappa shape index (κ1) is 34.7. The van der Waals surface area contributed by atoms with Gasteiger partial charge in [-0.05, 0) is 60.5 Å². The largest absolute Gasteiger partial charge is 0.492 e. The summed E-state index contributed by atoms with van der Waals surface area (Å²) < 4.78 is 45.3. The molecule has 2 heterocycles. The molecule has 0 spiro atoms. The van der Waals surface area contributed by atoms with Crippen molar-refractivity contribution in [1.29, 1.82) is 0 Å². The summed E-state index contributed by atoms with van der Waals surface area (Å²) in [6.45, 7) is 7.69. The second-order valence-corrected chi connectivity index (χ2v) is 12.3. The van der Waals surface area contributed by atoms with Gasteiger partial charge < -0.3 is 9.64 Å². The fourth-order valence-electron chi connectivity index (χ4n) is 5.53. The summed E-state index contributed by atoms with van der Waals surface area (Å²) >= 11 is 0. The SMILES string of the molecule is Cc1ccc(CC(=O)c2cccc(C(F)(F)F)c2)cc1CC(=O)N(C)c1cc(Cc2ccc(OCCN3CCN(C)CC3)cc2)ncn1. The number of likely N-dealkylation sites (N-methyl/N-ethyl adjacent to an activating group) is 2. The van der Waals surface area contributed by atoms with Crippen LogP contribution in [0.1, 0.15) is 43.9 Å². The van der Waals surface area contributed by atoms with Crippen LogP contribution >= 0.6 is 0 Å². The Kier molecular flexibility index (Phi) is 11.2. The summed E-state index contributed by atoms with van der Waals surface area (Å²) in [5, 5.41) is 0. The monoisotopic (exact) mass is 659 g/mol. The van der Waals surface area contributed by atoms with Crippen molar-refractivity contribution in [2.45, 2.75) is 32.4 Å². The number of anilines is 1. The molecule has 252 valence electrons. The number of ether oxygens (including phenoxy) is 1. The predicted molar refractivity (Wildman–Crippen MR) is 178 cm³/mol. The van der Waals surface area contributed by atoms with E-state index in [0.29, 0.717) is 24.4 Å². The highest BCUT2D eigenvalue weighted by Gasteiger charge is 2.31. The van der Waals surface area contributed by atoms with Gasteiger partial charge in [0.05, 0.1) is 17.7 Å². The molecule has 4 aromatic rings. The van der Waals surface area contributed by atoms with Crippen LogP contribution < -0.4 is 9.64 Å². The predicted octanol–water partition coefficient (Wildman–Crippen LogP) is 5.65. The Bertz CT molecular complexity index is 1720. The van der Waals surface area contributed by atoms with Gasteiger partial charge in [0.25, 0.3) is 0 Å². The minimum absolute atomic E-state index is 0.0108. The van der Waals surface area contributed by atoms with Crippen molar-refractivity contribution in [2.24, 2.45) is 0 Å². The van der Waals surface area contributed by atoms with Gasteiger partial charge >= 0.3 is 6.18 Å². The van der Waals surface area contributed by atoms with E-state index in [-0.39, 0.29) is 24.3 Å². The molecule has 1 aliphatic heterocycles. The summed E-state index contributed by atoms with van der Waals surface area (Å²) in [4.78, 5) is 41.1. The van der Waals surface area contributed by atoms with E-state index in [4.69, 9.17) is 4.74 Å². The first-order valence-corrected chi connectivity index (χ1v) is 15.9. The lowest BCUT2D eigenvalue weighted by Gasteiger charge is -2.32. The van der Waals surface area contributed by atoms with E-state index >= 15 is 0 Å². The molecule has 1 amide bonds. The molecule has 1 aliphatic rings. The molecule has 1 saturated heterocycles. The first-order valence-electron chi connectivity index (χ1n) is 15.9. The average molecular weight is 660 g/mol. The van der Waals surface area contributed by atoms with E-state index < -0.39 is 17.5 Å². The molecule has 5 rings (SSSR count). The highest BCUT2D eigenvalue weighted by Crippen LogP contribution is 2.30. The zero-order chi connectivity index (χ0) is 34.3. The van der Waals surface area contributed by atoms with Crippen molar-refractivity contribution < 1.29 is 27.5 Å². The standard InChI is InChI=1S/C37H40F3N5O3/c1-26-7-8-28(21-34(46)29-5-4-6-31(22-29)37(38,39)40)19-30(26)23-36(47)44(3)35-24-32(41-25-42-35)20-27-9-11-33(12-10-27)48-18-17-45-15-13-43(2)14-16-45/h4-12,19,22,24-25H,13-18,20-21,23H2,1-3H3. The Morgan fingerprint density at radius 1 is 0.896 bits per heavy atom. The van der Waals surface area contributed by atoms with E-state index in [0.717, 1.165) is 73.0 Å². The third kappa shape index (κ3) is 9.48. The number of aryl methyl sites for hydroxylation is 1. The first-order chi connectivity index (χ1) is 22.9. The van der Waals surface area contributed by atoms with E-state index in [1.807, 2.05) is 37.3 Å². The number of aromatic nitrogens is 2. The smallest absolute Gasteiger partial charge is 0.416 e. The van der Waals surface area contributed by atoms with Gasteiger partial charge in [0.1, 0.15) is 24.5 Å². The topological polar surface area (TPSA) is 78.9 Å². The number of rotatable bonds is 12. The second kappa shape index (κ2) is 15.5. The Balaban J connectivity index is 1.16.